The molecule has 1 N–H and O–H groups in total. The number of aromatic nitrogens is 3. The highest BCUT2D eigenvalue weighted by Crippen LogP contribution is 2.20. The molecule has 0 aliphatic rings. The van der Waals surface area contributed by atoms with Gasteiger partial charge in [0.1, 0.15) is 0 Å². The van der Waals surface area contributed by atoms with Crippen molar-refractivity contribution in [3.8, 4) is 11.6 Å². The van der Waals surface area contributed by atoms with Crippen LogP contribution in [0, 0.1) is 0 Å². The summed E-state index contributed by atoms with van der Waals surface area (Å²) in [5.41, 5.74) is 3.17. The van der Waals surface area contributed by atoms with E-state index in [-0.39, 0.29) is 0 Å². The van der Waals surface area contributed by atoms with Crippen LogP contribution in [0.1, 0.15) is 5.56 Å². The van der Waals surface area contributed by atoms with Crippen LogP contribution in [-0.4, -0.2) is 21.6 Å². The van der Waals surface area contributed by atoms with E-state index in [4.69, 9.17) is 4.74 Å². The number of ether oxygens (including phenoxy) is 1. The van der Waals surface area contributed by atoms with Gasteiger partial charge in [-0.3, -0.25) is 0 Å². The topological polar surface area (TPSA) is 52.0 Å². The highest BCUT2D eigenvalue weighted by Gasteiger charge is 2.02. The van der Waals surface area contributed by atoms with Gasteiger partial charge in [0.05, 0.1) is 19.1 Å². The molecule has 0 amide bonds. The van der Waals surface area contributed by atoms with Crippen molar-refractivity contribution < 1.29 is 4.74 Å². The van der Waals surface area contributed by atoms with E-state index in [1.54, 1.807) is 25.8 Å². The van der Waals surface area contributed by atoms with Crippen LogP contribution >= 0.6 is 0 Å². The van der Waals surface area contributed by atoms with Crippen molar-refractivity contribution in [1.29, 1.82) is 0 Å². The molecule has 0 atom stereocenters. The summed E-state index contributed by atoms with van der Waals surface area (Å²) >= 11 is 0. The van der Waals surface area contributed by atoms with E-state index in [0.717, 1.165) is 11.4 Å². The minimum Gasteiger partial charge on any atom is -0.480 e. The predicted octanol–water partition coefficient (Wildman–Crippen LogP) is 2.89. The third kappa shape index (κ3) is 3.02. The van der Waals surface area contributed by atoms with E-state index in [9.17, 15) is 0 Å². The van der Waals surface area contributed by atoms with Gasteiger partial charge in [0, 0.05) is 30.8 Å². The first-order valence-electron chi connectivity index (χ1n) is 6.67. The lowest BCUT2D eigenvalue weighted by Gasteiger charge is -2.10. The monoisotopic (exact) mass is 280 g/mol. The van der Waals surface area contributed by atoms with Crippen molar-refractivity contribution in [1.82, 2.24) is 14.5 Å². The fourth-order valence-corrected chi connectivity index (χ4v) is 2.08. The fraction of sp³-hybridized carbons (Fsp3) is 0.125. The highest BCUT2D eigenvalue weighted by atomic mass is 16.5. The number of nitrogens with one attached hydrogen (secondary N) is 1. The summed E-state index contributed by atoms with van der Waals surface area (Å²) in [6.45, 7) is 0.715. The van der Waals surface area contributed by atoms with E-state index in [2.05, 4.69) is 39.6 Å². The Morgan fingerprint density at radius 3 is 2.71 bits per heavy atom. The first kappa shape index (κ1) is 13.2. The lowest BCUT2D eigenvalue weighted by Crippen LogP contribution is -2.02. The molecule has 2 heterocycles. The minimum absolute atomic E-state index is 0.604. The van der Waals surface area contributed by atoms with Crippen LogP contribution in [-0.2, 0) is 6.54 Å². The first-order valence-corrected chi connectivity index (χ1v) is 6.67. The summed E-state index contributed by atoms with van der Waals surface area (Å²) in [6, 6.07) is 12.1. The maximum atomic E-state index is 5.22. The number of benzene rings is 1. The average Bonchev–Trinajstić information content (AvgIpc) is 3.08. The SMILES string of the molecule is COc1ncccc1NCc1ccc(-n2ccnc2)cc1. The number of anilines is 1. The number of rotatable bonds is 5. The van der Waals surface area contributed by atoms with Crippen molar-refractivity contribution in [2.75, 3.05) is 12.4 Å². The Morgan fingerprint density at radius 2 is 2.00 bits per heavy atom. The molecular formula is C16H16N4O. The summed E-state index contributed by atoms with van der Waals surface area (Å²) in [5, 5.41) is 3.33. The van der Waals surface area contributed by atoms with Gasteiger partial charge in [-0.05, 0) is 29.8 Å². The number of pyridine rings is 1. The molecule has 0 spiro atoms. The summed E-state index contributed by atoms with van der Waals surface area (Å²) in [7, 11) is 1.62. The number of nitrogens with zero attached hydrogens (tertiary/aromatic N) is 3. The van der Waals surface area contributed by atoms with Gasteiger partial charge in [-0.1, -0.05) is 12.1 Å². The third-order valence-electron chi connectivity index (χ3n) is 3.19. The summed E-state index contributed by atoms with van der Waals surface area (Å²) in [6.07, 6.45) is 7.19. The molecule has 3 rings (SSSR count). The van der Waals surface area contributed by atoms with Crippen molar-refractivity contribution in [3.63, 3.8) is 0 Å². The zero-order valence-corrected chi connectivity index (χ0v) is 11.7. The van der Waals surface area contributed by atoms with E-state index >= 15 is 0 Å². The van der Waals surface area contributed by atoms with E-state index in [1.807, 2.05) is 22.9 Å². The number of hydrogen-bond acceptors (Lipinski definition) is 4. The van der Waals surface area contributed by atoms with Crippen molar-refractivity contribution in [2.45, 2.75) is 6.54 Å². The van der Waals surface area contributed by atoms with Crippen molar-refractivity contribution in [3.05, 3.63) is 66.9 Å². The van der Waals surface area contributed by atoms with Gasteiger partial charge >= 0.3 is 0 Å². The zero-order valence-electron chi connectivity index (χ0n) is 11.7. The maximum absolute atomic E-state index is 5.22. The Bertz CT molecular complexity index is 693. The van der Waals surface area contributed by atoms with Gasteiger partial charge in [0.15, 0.2) is 0 Å². The zero-order chi connectivity index (χ0) is 14.5. The van der Waals surface area contributed by atoms with Crippen LogP contribution in [0.3, 0.4) is 0 Å². The molecule has 0 saturated heterocycles. The second kappa shape index (κ2) is 6.09. The predicted molar refractivity (Wildman–Crippen MR) is 81.7 cm³/mol. The Morgan fingerprint density at radius 1 is 1.14 bits per heavy atom. The summed E-state index contributed by atoms with van der Waals surface area (Å²) in [5.74, 6) is 0.604. The highest BCUT2D eigenvalue weighted by molar-refractivity contribution is 5.52. The Labute approximate surface area is 123 Å². The fourth-order valence-electron chi connectivity index (χ4n) is 2.08. The molecule has 0 bridgehead atoms. The molecule has 0 fully saturated rings. The molecule has 21 heavy (non-hydrogen) atoms. The van der Waals surface area contributed by atoms with Crippen LogP contribution in [0.15, 0.2) is 61.3 Å². The Balaban J connectivity index is 1.68. The Hall–Kier alpha value is -2.82. The second-order valence-electron chi connectivity index (χ2n) is 4.55. The van der Waals surface area contributed by atoms with Crippen LogP contribution in [0.2, 0.25) is 0 Å². The number of hydrogen-bond donors (Lipinski definition) is 1. The van der Waals surface area contributed by atoms with Gasteiger partial charge in [-0.15, -0.1) is 0 Å². The number of methoxy groups -OCH3 is 1. The molecular weight excluding hydrogens is 264 g/mol. The Kier molecular flexibility index (Phi) is 3.82. The molecule has 5 nitrogen and oxygen atoms in total. The van der Waals surface area contributed by atoms with Crippen LogP contribution in [0.4, 0.5) is 5.69 Å². The number of imidazole rings is 1. The lowest BCUT2D eigenvalue weighted by molar-refractivity contribution is 0.399. The van der Waals surface area contributed by atoms with Crippen LogP contribution in [0.25, 0.3) is 5.69 Å². The van der Waals surface area contributed by atoms with Crippen LogP contribution < -0.4 is 10.1 Å². The van der Waals surface area contributed by atoms with Gasteiger partial charge in [-0.25, -0.2) is 9.97 Å². The molecule has 0 saturated carbocycles. The molecule has 0 unspecified atom stereocenters. The standard InChI is InChI=1S/C16H16N4O/c1-21-16-15(3-2-8-18-16)19-11-13-4-6-14(7-5-13)20-10-9-17-12-20/h2-10,12,19H,11H2,1H3. The van der Waals surface area contributed by atoms with Gasteiger partial charge in [0.25, 0.3) is 0 Å². The van der Waals surface area contributed by atoms with Gasteiger partial charge in [0.2, 0.25) is 5.88 Å². The molecule has 0 radical (unpaired) electrons. The molecule has 5 heteroatoms. The van der Waals surface area contributed by atoms with E-state index < -0.39 is 0 Å². The van der Waals surface area contributed by atoms with E-state index in [1.165, 1.54) is 5.56 Å². The smallest absolute Gasteiger partial charge is 0.237 e. The van der Waals surface area contributed by atoms with Crippen molar-refractivity contribution in [2.24, 2.45) is 0 Å². The molecule has 3 aromatic rings. The summed E-state index contributed by atoms with van der Waals surface area (Å²) in [4.78, 5) is 8.21. The van der Waals surface area contributed by atoms with Gasteiger partial charge in [-0.2, -0.15) is 0 Å². The maximum Gasteiger partial charge on any atom is 0.237 e. The molecule has 0 aliphatic heterocycles. The third-order valence-corrected chi connectivity index (χ3v) is 3.19. The molecule has 1 aromatic carbocycles. The molecule has 0 aliphatic carbocycles. The molecule has 106 valence electrons. The lowest BCUT2D eigenvalue weighted by atomic mass is 10.2. The van der Waals surface area contributed by atoms with Crippen molar-refractivity contribution >= 4 is 5.69 Å². The minimum atomic E-state index is 0.604. The second-order valence-corrected chi connectivity index (χ2v) is 4.55. The first-order chi connectivity index (χ1) is 10.4. The van der Waals surface area contributed by atoms with Crippen LogP contribution in [0.5, 0.6) is 5.88 Å². The van der Waals surface area contributed by atoms with E-state index in [0.29, 0.717) is 12.4 Å². The quantitative estimate of drug-likeness (QED) is 0.780. The summed E-state index contributed by atoms with van der Waals surface area (Å²) < 4.78 is 7.19. The molecule has 2 aromatic heterocycles. The normalized spacial score (nSPS) is 10.3. The largest absolute Gasteiger partial charge is 0.480 e. The van der Waals surface area contributed by atoms with Gasteiger partial charge < -0.3 is 14.6 Å². The average molecular weight is 280 g/mol.